The lowest BCUT2D eigenvalue weighted by molar-refractivity contribution is -0.127. The van der Waals surface area contributed by atoms with Gasteiger partial charge in [0, 0.05) is 13.6 Å². The molecule has 1 aromatic rings. The lowest BCUT2D eigenvalue weighted by Crippen LogP contribution is -2.29. The lowest BCUT2D eigenvalue weighted by atomic mass is 10.0. The molecule has 0 N–H and O–H groups in total. The van der Waals surface area contributed by atoms with E-state index >= 15 is 0 Å². The zero-order chi connectivity index (χ0) is 14.3. The number of halogens is 1. The van der Waals surface area contributed by atoms with E-state index in [-0.39, 0.29) is 11.8 Å². The van der Waals surface area contributed by atoms with Crippen molar-refractivity contribution in [3.05, 3.63) is 29.8 Å². The van der Waals surface area contributed by atoms with Crippen molar-refractivity contribution in [1.29, 1.82) is 0 Å². The number of hydrogen-bond acceptors (Lipinski definition) is 2. The van der Waals surface area contributed by atoms with Gasteiger partial charge in [-0.1, -0.05) is 32.0 Å². The van der Waals surface area contributed by atoms with Gasteiger partial charge in [0.1, 0.15) is 11.6 Å². The molecule has 0 aliphatic heterocycles. The van der Waals surface area contributed by atoms with Gasteiger partial charge in [-0.15, -0.1) is 11.6 Å². The number of rotatable bonds is 7. The minimum absolute atomic E-state index is 0.0353. The summed E-state index contributed by atoms with van der Waals surface area (Å²) in [4.78, 5) is 12.9. The van der Waals surface area contributed by atoms with Crippen molar-refractivity contribution in [2.24, 2.45) is 0 Å². The molecular weight excluding hydrogens is 262 g/mol. The highest BCUT2D eigenvalue weighted by molar-refractivity contribution is 6.27. The predicted molar refractivity (Wildman–Crippen MR) is 79.0 cm³/mol. The van der Waals surface area contributed by atoms with Crippen LogP contribution in [0.25, 0.3) is 0 Å². The van der Waals surface area contributed by atoms with E-state index < -0.39 is 0 Å². The smallest absolute Gasteiger partial charge is 0.237 e. The molecule has 4 heteroatoms. The molecule has 0 saturated heterocycles. The average molecular weight is 284 g/mol. The van der Waals surface area contributed by atoms with Gasteiger partial charge in [0.15, 0.2) is 0 Å². The number of amides is 1. The highest BCUT2D eigenvalue weighted by Gasteiger charge is 2.08. The van der Waals surface area contributed by atoms with Crippen LogP contribution < -0.4 is 4.74 Å². The van der Waals surface area contributed by atoms with Crippen LogP contribution in [0.4, 0.5) is 0 Å². The van der Waals surface area contributed by atoms with E-state index in [4.69, 9.17) is 16.3 Å². The maximum Gasteiger partial charge on any atom is 0.237 e. The molecule has 19 heavy (non-hydrogen) atoms. The molecule has 1 aromatic carbocycles. The van der Waals surface area contributed by atoms with Crippen LogP contribution in [0.2, 0.25) is 0 Å². The first-order valence-electron chi connectivity index (χ1n) is 6.58. The Hall–Kier alpha value is -1.22. The van der Waals surface area contributed by atoms with E-state index in [0.717, 1.165) is 12.2 Å². The van der Waals surface area contributed by atoms with Crippen LogP contribution in [0.3, 0.4) is 0 Å². The molecule has 0 heterocycles. The first-order chi connectivity index (χ1) is 9.06. The van der Waals surface area contributed by atoms with E-state index in [1.165, 1.54) is 5.56 Å². The maximum atomic E-state index is 11.3. The average Bonchev–Trinajstić information content (AvgIpc) is 2.42. The summed E-state index contributed by atoms with van der Waals surface area (Å²) in [6.07, 6.45) is 0.797. The normalized spacial score (nSPS) is 10.6. The molecule has 0 aliphatic rings. The van der Waals surface area contributed by atoms with Gasteiger partial charge < -0.3 is 9.64 Å². The highest BCUT2D eigenvalue weighted by atomic mass is 35.5. The Morgan fingerprint density at radius 3 is 2.68 bits per heavy atom. The third kappa shape index (κ3) is 5.11. The first-order valence-corrected chi connectivity index (χ1v) is 7.11. The van der Waals surface area contributed by atoms with Crippen molar-refractivity contribution < 1.29 is 9.53 Å². The molecule has 0 spiro atoms. The maximum absolute atomic E-state index is 11.3. The van der Waals surface area contributed by atoms with Crippen LogP contribution in [0.1, 0.15) is 31.7 Å². The van der Waals surface area contributed by atoms with Gasteiger partial charge in [-0.2, -0.15) is 0 Å². The van der Waals surface area contributed by atoms with E-state index in [2.05, 4.69) is 19.9 Å². The molecular formula is C15H22ClNO2. The molecule has 106 valence electrons. The van der Waals surface area contributed by atoms with Gasteiger partial charge in [0.05, 0.1) is 6.61 Å². The summed E-state index contributed by atoms with van der Waals surface area (Å²) in [5, 5.41) is 0. The number of carbonyl (C=O) groups is 1. The quantitative estimate of drug-likeness (QED) is 0.568. The van der Waals surface area contributed by atoms with E-state index in [9.17, 15) is 4.79 Å². The van der Waals surface area contributed by atoms with Crippen molar-refractivity contribution in [2.75, 3.05) is 26.1 Å². The summed E-state index contributed by atoms with van der Waals surface area (Å²) in [6.45, 7) is 5.56. The summed E-state index contributed by atoms with van der Waals surface area (Å²) in [6, 6.07) is 8.07. The summed E-state index contributed by atoms with van der Waals surface area (Å²) < 4.78 is 5.79. The molecule has 0 unspecified atom stereocenters. The Labute approximate surface area is 120 Å². The monoisotopic (exact) mass is 283 g/mol. The number of alkyl halides is 1. The van der Waals surface area contributed by atoms with Crippen LogP contribution in [-0.2, 0) is 4.79 Å². The molecule has 1 rings (SSSR count). The minimum Gasteiger partial charge on any atom is -0.493 e. The van der Waals surface area contributed by atoms with Crippen LogP contribution in [0.15, 0.2) is 24.3 Å². The third-order valence-corrected chi connectivity index (χ3v) is 3.21. The zero-order valence-electron chi connectivity index (χ0n) is 11.9. The molecule has 3 nitrogen and oxygen atoms in total. The van der Waals surface area contributed by atoms with E-state index in [0.29, 0.717) is 19.1 Å². The van der Waals surface area contributed by atoms with Gasteiger partial charge in [0.25, 0.3) is 0 Å². The zero-order valence-corrected chi connectivity index (χ0v) is 12.6. The van der Waals surface area contributed by atoms with Gasteiger partial charge in [-0.25, -0.2) is 0 Å². The molecule has 1 amide bonds. The van der Waals surface area contributed by atoms with Gasteiger partial charge in [0.2, 0.25) is 5.91 Å². The van der Waals surface area contributed by atoms with Gasteiger partial charge >= 0.3 is 0 Å². The Bertz CT molecular complexity index is 407. The van der Waals surface area contributed by atoms with Crippen LogP contribution in [-0.4, -0.2) is 36.9 Å². The Balaban J connectivity index is 2.40. The number of benzene rings is 1. The summed E-state index contributed by atoms with van der Waals surface area (Å²) >= 11 is 5.49. The predicted octanol–water partition coefficient (Wildman–Crippen LogP) is 3.28. The summed E-state index contributed by atoms with van der Waals surface area (Å²) in [5.74, 6) is 1.36. The first kappa shape index (κ1) is 15.8. The number of nitrogens with zero attached hydrogens (tertiary/aromatic N) is 1. The largest absolute Gasteiger partial charge is 0.493 e. The SMILES string of the molecule is CC(C)c1ccccc1OCCCN(C)C(=O)CCl. The Morgan fingerprint density at radius 2 is 2.05 bits per heavy atom. The standard InChI is InChI=1S/C15H22ClNO2/c1-12(2)13-7-4-5-8-14(13)19-10-6-9-17(3)15(18)11-16/h4-5,7-8,12H,6,9-11H2,1-3H3. The molecule has 0 fully saturated rings. The number of hydrogen-bond donors (Lipinski definition) is 0. The van der Waals surface area contributed by atoms with E-state index in [1.54, 1.807) is 11.9 Å². The second-order valence-corrected chi connectivity index (χ2v) is 5.11. The molecule has 0 bridgehead atoms. The summed E-state index contributed by atoms with van der Waals surface area (Å²) in [5.41, 5.74) is 1.22. The topological polar surface area (TPSA) is 29.5 Å². The third-order valence-electron chi connectivity index (χ3n) is 2.98. The number of carbonyl (C=O) groups excluding carboxylic acids is 1. The Morgan fingerprint density at radius 1 is 1.37 bits per heavy atom. The van der Waals surface area contributed by atoms with Crippen LogP contribution in [0, 0.1) is 0 Å². The van der Waals surface area contributed by atoms with E-state index in [1.807, 2.05) is 18.2 Å². The fourth-order valence-corrected chi connectivity index (χ4v) is 2.00. The fraction of sp³-hybridized carbons (Fsp3) is 0.533. The lowest BCUT2D eigenvalue weighted by Gasteiger charge is -2.17. The van der Waals surface area contributed by atoms with Gasteiger partial charge in [-0.3, -0.25) is 4.79 Å². The molecule has 0 radical (unpaired) electrons. The minimum atomic E-state index is -0.0516. The van der Waals surface area contributed by atoms with Crippen molar-refractivity contribution >= 4 is 17.5 Å². The van der Waals surface area contributed by atoms with Crippen molar-refractivity contribution in [3.8, 4) is 5.75 Å². The van der Waals surface area contributed by atoms with Crippen LogP contribution in [0.5, 0.6) is 5.75 Å². The molecule has 0 saturated carbocycles. The fourth-order valence-electron chi connectivity index (χ4n) is 1.80. The highest BCUT2D eigenvalue weighted by Crippen LogP contribution is 2.25. The second-order valence-electron chi connectivity index (χ2n) is 4.84. The summed E-state index contributed by atoms with van der Waals surface area (Å²) in [7, 11) is 1.76. The molecule has 0 aliphatic carbocycles. The molecule has 0 aromatic heterocycles. The Kier molecular flexibility index (Phi) is 6.71. The number of para-hydroxylation sites is 1. The second kappa shape index (κ2) is 8.05. The van der Waals surface area contributed by atoms with Crippen molar-refractivity contribution in [3.63, 3.8) is 0 Å². The van der Waals surface area contributed by atoms with Crippen molar-refractivity contribution in [2.45, 2.75) is 26.2 Å². The van der Waals surface area contributed by atoms with Crippen molar-refractivity contribution in [1.82, 2.24) is 4.90 Å². The van der Waals surface area contributed by atoms with Gasteiger partial charge in [-0.05, 0) is 24.0 Å². The number of ether oxygens (including phenoxy) is 1. The molecule has 0 atom stereocenters. The van der Waals surface area contributed by atoms with Crippen LogP contribution >= 0.6 is 11.6 Å².